The molecule has 5 heteroatoms. The van der Waals surface area contributed by atoms with Crippen LogP contribution in [0.1, 0.15) is 17.3 Å². The van der Waals surface area contributed by atoms with E-state index in [-0.39, 0.29) is 5.17 Å². The van der Waals surface area contributed by atoms with Gasteiger partial charge in [-0.15, -0.1) is 0 Å². The summed E-state index contributed by atoms with van der Waals surface area (Å²) < 4.78 is 5.28. The summed E-state index contributed by atoms with van der Waals surface area (Å²) in [6.45, 7) is 3.75. The maximum Gasteiger partial charge on any atom is 0.205 e. The zero-order chi connectivity index (χ0) is 9.14. The van der Waals surface area contributed by atoms with Crippen molar-refractivity contribution in [3.8, 4) is 0 Å². The SMILES string of the molecule is Cc1nc(CSC(=N)N)oc1C. The minimum atomic E-state index is 0.0866. The minimum absolute atomic E-state index is 0.0866. The predicted molar refractivity (Wildman–Crippen MR) is 49.2 cm³/mol. The van der Waals surface area contributed by atoms with Gasteiger partial charge in [-0.3, -0.25) is 5.41 Å². The number of nitrogens with two attached hydrogens (primary N) is 1. The van der Waals surface area contributed by atoms with Gasteiger partial charge in [-0.1, -0.05) is 11.8 Å². The van der Waals surface area contributed by atoms with Gasteiger partial charge in [0.1, 0.15) is 5.76 Å². The first-order valence-corrected chi connectivity index (χ1v) is 4.48. The largest absolute Gasteiger partial charge is 0.445 e. The number of oxazole rings is 1. The Hall–Kier alpha value is -0.970. The van der Waals surface area contributed by atoms with Crippen molar-refractivity contribution < 1.29 is 4.42 Å². The van der Waals surface area contributed by atoms with Gasteiger partial charge in [0.15, 0.2) is 5.17 Å². The van der Waals surface area contributed by atoms with Crippen molar-refractivity contribution in [2.24, 2.45) is 5.73 Å². The van der Waals surface area contributed by atoms with Gasteiger partial charge in [0.05, 0.1) is 11.4 Å². The van der Waals surface area contributed by atoms with Crippen LogP contribution in [-0.2, 0) is 5.75 Å². The van der Waals surface area contributed by atoms with Gasteiger partial charge in [-0.25, -0.2) is 4.98 Å². The summed E-state index contributed by atoms with van der Waals surface area (Å²) in [5.41, 5.74) is 6.06. The van der Waals surface area contributed by atoms with Crippen LogP contribution in [0.5, 0.6) is 0 Å². The van der Waals surface area contributed by atoms with Crippen molar-refractivity contribution in [2.75, 3.05) is 0 Å². The Morgan fingerprint density at radius 2 is 2.33 bits per heavy atom. The fraction of sp³-hybridized carbons (Fsp3) is 0.429. The van der Waals surface area contributed by atoms with Crippen molar-refractivity contribution in [1.29, 1.82) is 5.41 Å². The lowest BCUT2D eigenvalue weighted by molar-refractivity contribution is 0.490. The number of rotatable bonds is 2. The number of hydrogen-bond acceptors (Lipinski definition) is 4. The second kappa shape index (κ2) is 3.62. The topological polar surface area (TPSA) is 75.9 Å². The van der Waals surface area contributed by atoms with Crippen molar-refractivity contribution in [3.05, 3.63) is 17.3 Å². The van der Waals surface area contributed by atoms with E-state index in [1.54, 1.807) is 0 Å². The third kappa shape index (κ3) is 2.27. The molecule has 0 saturated carbocycles. The number of thioether (sulfide) groups is 1. The van der Waals surface area contributed by atoms with Gasteiger partial charge >= 0.3 is 0 Å². The molecule has 3 N–H and O–H groups in total. The number of aromatic nitrogens is 1. The first-order chi connectivity index (χ1) is 5.59. The zero-order valence-corrected chi connectivity index (χ0v) is 7.86. The molecular weight excluding hydrogens is 174 g/mol. The molecule has 12 heavy (non-hydrogen) atoms. The fourth-order valence-corrected chi connectivity index (χ4v) is 1.14. The molecule has 66 valence electrons. The van der Waals surface area contributed by atoms with Gasteiger partial charge in [-0.05, 0) is 13.8 Å². The van der Waals surface area contributed by atoms with Gasteiger partial charge in [0.2, 0.25) is 5.89 Å². The smallest absolute Gasteiger partial charge is 0.205 e. The Kier molecular flexibility index (Phi) is 2.75. The summed E-state index contributed by atoms with van der Waals surface area (Å²) in [7, 11) is 0. The maximum absolute atomic E-state index is 6.98. The molecule has 1 aromatic rings. The van der Waals surface area contributed by atoms with E-state index in [0.29, 0.717) is 11.6 Å². The first kappa shape index (κ1) is 9.12. The molecule has 0 aliphatic heterocycles. The quantitative estimate of drug-likeness (QED) is 0.539. The Labute approximate surface area is 75.1 Å². The van der Waals surface area contributed by atoms with Crippen LogP contribution in [0.3, 0.4) is 0 Å². The fourth-order valence-electron chi connectivity index (χ4n) is 0.740. The summed E-state index contributed by atoms with van der Waals surface area (Å²) in [5.74, 6) is 1.99. The van der Waals surface area contributed by atoms with Crippen LogP contribution >= 0.6 is 11.8 Å². The van der Waals surface area contributed by atoms with E-state index in [2.05, 4.69) is 4.98 Å². The molecule has 1 aromatic heterocycles. The Morgan fingerprint density at radius 1 is 1.67 bits per heavy atom. The van der Waals surface area contributed by atoms with Crippen molar-refractivity contribution >= 4 is 16.9 Å². The first-order valence-electron chi connectivity index (χ1n) is 3.49. The molecule has 1 rings (SSSR count). The van der Waals surface area contributed by atoms with Crippen molar-refractivity contribution in [2.45, 2.75) is 19.6 Å². The molecule has 0 amide bonds. The molecule has 0 spiro atoms. The maximum atomic E-state index is 6.98. The van der Waals surface area contributed by atoms with Crippen molar-refractivity contribution in [3.63, 3.8) is 0 Å². The molecule has 0 radical (unpaired) electrons. The average molecular weight is 185 g/mol. The standard InChI is InChI=1S/C7H11N3OS/c1-4-5(2)11-6(10-4)3-12-7(8)9/h3H2,1-2H3,(H3,8,9). The molecule has 1 heterocycles. The number of amidine groups is 1. The second-order valence-electron chi connectivity index (χ2n) is 2.40. The molecule has 0 aliphatic carbocycles. The molecule has 0 aliphatic rings. The summed E-state index contributed by atoms with van der Waals surface area (Å²) >= 11 is 1.21. The lowest BCUT2D eigenvalue weighted by atomic mass is 10.4. The lowest BCUT2D eigenvalue weighted by Crippen LogP contribution is -2.03. The van der Waals surface area contributed by atoms with E-state index in [0.717, 1.165) is 11.5 Å². The van der Waals surface area contributed by atoms with E-state index in [9.17, 15) is 0 Å². The van der Waals surface area contributed by atoms with E-state index in [1.807, 2.05) is 13.8 Å². The molecule has 0 fully saturated rings. The van der Waals surface area contributed by atoms with Gasteiger partial charge < -0.3 is 10.2 Å². The zero-order valence-electron chi connectivity index (χ0n) is 7.05. The molecule has 0 bridgehead atoms. The number of hydrogen-bond donors (Lipinski definition) is 2. The van der Waals surface area contributed by atoms with Crippen LogP contribution in [0.4, 0.5) is 0 Å². The Bertz CT molecular complexity index is 275. The molecule has 0 aromatic carbocycles. The molecule has 4 nitrogen and oxygen atoms in total. The minimum Gasteiger partial charge on any atom is -0.445 e. The van der Waals surface area contributed by atoms with Crippen LogP contribution in [0.2, 0.25) is 0 Å². The van der Waals surface area contributed by atoms with E-state index in [1.165, 1.54) is 11.8 Å². The average Bonchev–Trinajstić information content (AvgIpc) is 2.28. The normalized spacial score (nSPS) is 10.2. The van der Waals surface area contributed by atoms with Crippen LogP contribution in [-0.4, -0.2) is 10.2 Å². The van der Waals surface area contributed by atoms with Crippen LogP contribution in [0.25, 0.3) is 0 Å². The van der Waals surface area contributed by atoms with Gasteiger partial charge in [0.25, 0.3) is 0 Å². The highest BCUT2D eigenvalue weighted by Crippen LogP contribution is 2.14. The van der Waals surface area contributed by atoms with Crippen LogP contribution < -0.4 is 5.73 Å². The summed E-state index contributed by atoms with van der Waals surface area (Å²) in [5, 5.41) is 7.06. The monoisotopic (exact) mass is 185 g/mol. The second-order valence-corrected chi connectivity index (χ2v) is 3.42. The van der Waals surface area contributed by atoms with Crippen LogP contribution in [0.15, 0.2) is 4.42 Å². The predicted octanol–water partition coefficient (Wildman–Crippen LogP) is 1.42. The van der Waals surface area contributed by atoms with Crippen molar-refractivity contribution in [1.82, 2.24) is 4.98 Å². The summed E-state index contributed by atoms with van der Waals surface area (Å²) in [6, 6.07) is 0. The van der Waals surface area contributed by atoms with Crippen LogP contribution in [0, 0.1) is 19.3 Å². The Morgan fingerprint density at radius 3 is 2.75 bits per heavy atom. The highest BCUT2D eigenvalue weighted by atomic mass is 32.2. The Balaban J connectivity index is 2.58. The van der Waals surface area contributed by atoms with E-state index >= 15 is 0 Å². The molecule has 0 unspecified atom stereocenters. The van der Waals surface area contributed by atoms with Gasteiger partial charge in [-0.2, -0.15) is 0 Å². The lowest BCUT2D eigenvalue weighted by Gasteiger charge is -1.92. The van der Waals surface area contributed by atoms with Gasteiger partial charge in [0, 0.05) is 0 Å². The number of aryl methyl sites for hydroxylation is 2. The summed E-state index contributed by atoms with van der Waals surface area (Å²) in [6.07, 6.45) is 0. The molecule has 0 saturated heterocycles. The highest BCUT2D eigenvalue weighted by Gasteiger charge is 2.05. The molecular formula is C7H11N3OS. The third-order valence-electron chi connectivity index (χ3n) is 1.42. The van der Waals surface area contributed by atoms with E-state index < -0.39 is 0 Å². The highest BCUT2D eigenvalue weighted by molar-refractivity contribution is 8.12. The third-order valence-corrected chi connectivity index (χ3v) is 2.13. The van der Waals surface area contributed by atoms with E-state index in [4.69, 9.17) is 15.6 Å². The number of nitrogens with one attached hydrogen (secondary N) is 1. The number of nitrogens with zero attached hydrogens (tertiary/aromatic N) is 1. The molecule has 0 atom stereocenters. The summed E-state index contributed by atoms with van der Waals surface area (Å²) in [4.78, 5) is 4.14.